The molecule has 1 heterocycles. The molecule has 3 radical (unpaired) electrons. The first-order valence-corrected chi connectivity index (χ1v) is 5.14. The summed E-state index contributed by atoms with van der Waals surface area (Å²) in [5.74, 6) is 0. The molecule has 89 valence electrons. The van der Waals surface area contributed by atoms with E-state index >= 15 is 0 Å². The Labute approximate surface area is 216 Å². The Balaban J connectivity index is 0. The van der Waals surface area contributed by atoms with Crippen molar-refractivity contribution >= 4 is 12.0 Å². The van der Waals surface area contributed by atoms with Crippen molar-refractivity contribution in [2.24, 2.45) is 0 Å². The standard InChI is InChI=1S/C12H13N2O.3Ac/c15-10-12(6-8-13-9-7-12)14-11-4-2-1-3-5-11;;;/h1-4,10H,6-9H2;;;/q-3;;;. The third-order valence-electron chi connectivity index (χ3n) is 2.66. The van der Waals surface area contributed by atoms with Crippen LogP contribution in [-0.4, -0.2) is 24.9 Å². The van der Waals surface area contributed by atoms with Crippen LogP contribution < -0.4 is 0 Å². The molecule has 0 atom stereocenters. The second-order valence-electron chi connectivity index (χ2n) is 3.75. The number of para-hydroxylation sites is 1. The molecule has 0 bridgehead atoms. The van der Waals surface area contributed by atoms with Crippen LogP contribution in [-0.2, 0) is 4.79 Å². The number of nitrogens with zero attached hydrogens (tertiary/aromatic N) is 2. The Kier molecular flexibility index (Phi) is 16.2. The van der Waals surface area contributed by atoms with Crippen molar-refractivity contribution in [1.29, 1.82) is 0 Å². The average Bonchev–Trinajstić information content (AvgIpc) is 2.32. The van der Waals surface area contributed by atoms with E-state index < -0.39 is 5.54 Å². The molecule has 18 heavy (non-hydrogen) atoms. The quantitative estimate of drug-likeness (QED) is 0.341. The number of aldehydes is 1. The van der Waals surface area contributed by atoms with Crippen LogP contribution in [0.5, 0.6) is 0 Å². The molecule has 1 aromatic rings. The van der Waals surface area contributed by atoms with E-state index in [1.807, 2.05) is 24.3 Å². The first-order valence-electron chi connectivity index (χ1n) is 5.14. The first kappa shape index (κ1) is 23.2. The summed E-state index contributed by atoms with van der Waals surface area (Å²) in [6, 6.07) is 10.5. The zero-order chi connectivity index (χ0) is 10.6. The molecule has 0 aliphatic carbocycles. The SMILES string of the molecule is O=CC1([N-]c2[c-]cccc2)CC[N-]CC1.[Ac].[Ac].[Ac]. The fourth-order valence-electron chi connectivity index (χ4n) is 1.73. The number of rotatable bonds is 3. The van der Waals surface area contributed by atoms with Gasteiger partial charge in [0.05, 0.1) is 0 Å². The molecule has 0 saturated carbocycles. The molecule has 3 nitrogen and oxygen atoms in total. The maximum atomic E-state index is 11.1. The number of benzene rings is 1. The van der Waals surface area contributed by atoms with E-state index in [2.05, 4.69) is 16.7 Å². The Morgan fingerprint density at radius 3 is 2.39 bits per heavy atom. The van der Waals surface area contributed by atoms with Crippen LogP contribution in [0.25, 0.3) is 10.6 Å². The third kappa shape index (κ3) is 7.30. The molecule has 0 unspecified atom stereocenters. The van der Waals surface area contributed by atoms with Crippen molar-refractivity contribution in [3.8, 4) is 0 Å². The normalized spacial score (nSPS) is 16.2. The van der Waals surface area contributed by atoms with Gasteiger partial charge >= 0.3 is 0 Å². The minimum atomic E-state index is -0.556. The van der Waals surface area contributed by atoms with Crippen molar-refractivity contribution in [3.63, 3.8) is 0 Å². The Morgan fingerprint density at radius 2 is 1.89 bits per heavy atom. The molecular formula is C12H13Ac3N2O-3. The maximum absolute atomic E-state index is 11.1. The molecule has 0 aromatic heterocycles. The van der Waals surface area contributed by atoms with E-state index in [0.717, 1.165) is 37.9 Å². The summed E-state index contributed by atoms with van der Waals surface area (Å²) in [6.45, 7) is 1.46. The molecule has 1 aliphatic heterocycles. The summed E-state index contributed by atoms with van der Waals surface area (Å²) in [7, 11) is 0. The van der Waals surface area contributed by atoms with Crippen LogP contribution in [0, 0.1) is 138 Å². The first-order chi connectivity index (χ1) is 7.35. The van der Waals surface area contributed by atoms with Crippen LogP contribution in [0.3, 0.4) is 0 Å². The van der Waals surface area contributed by atoms with Gasteiger partial charge in [-0.3, -0.25) is 5.69 Å². The summed E-state index contributed by atoms with van der Waals surface area (Å²) in [5.41, 5.74) is 0.200. The summed E-state index contributed by atoms with van der Waals surface area (Å²) in [4.78, 5) is 11.1. The van der Waals surface area contributed by atoms with E-state index in [0.29, 0.717) is 0 Å². The number of hydrogen-bond donors (Lipinski definition) is 0. The molecule has 6 heteroatoms. The van der Waals surface area contributed by atoms with E-state index in [-0.39, 0.29) is 132 Å². The third-order valence-corrected chi connectivity index (χ3v) is 2.66. The molecule has 1 fully saturated rings. The molecule has 2 rings (SSSR count). The van der Waals surface area contributed by atoms with Crippen LogP contribution in [0.4, 0.5) is 5.69 Å². The van der Waals surface area contributed by atoms with E-state index in [1.54, 1.807) is 0 Å². The van der Waals surface area contributed by atoms with E-state index in [4.69, 9.17) is 0 Å². The van der Waals surface area contributed by atoms with Crippen molar-refractivity contribution in [1.82, 2.24) is 0 Å². The predicted octanol–water partition coefficient (Wildman–Crippen LogP) is 2.60. The summed E-state index contributed by atoms with van der Waals surface area (Å²) in [5, 5.41) is 8.72. The number of piperidine rings is 1. The molecule has 0 N–H and O–H groups in total. The van der Waals surface area contributed by atoms with Crippen molar-refractivity contribution in [3.05, 3.63) is 41.0 Å². The predicted molar refractivity (Wildman–Crippen MR) is 59.4 cm³/mol. The topological polar surface area (TPSA) is 45.3 Å². The van der Waals surface area contributed by atoms with Crippen molar-refractivity contribution in [2.45, 2.75) is 18.4 Å². The minimum absolute atomic E-state index is 0. The smallest absolute Gasteiger partial charge is 0.108 e. The van der Waals surface area contributed by atoms with Crippen LogP contribution in [0.1, 0.15) is 12.8 Å². The summed E-state index contributed by atoms with van der Waals surface area (Å²) in [6.07, 6.45) is 2.40. The molecule has 1 aliphatic rings. The van der Waals surface area contributed by atoms with Gasteiger partial charge in [0.15, 0.2) is 0 Å². The molecule has 1 saturated heterocycles. The van der Waals surface area contributed by atoms with Crippen molar-refractivity contribution in [2.75, 3.05) is 13.1 Å². The second-order valence-corrected chi connectivity index (χ2v) is 3.75. The molecule has 0 amide bonds. The maximum Gasteiger partial charge on any atom is 0.108 e. The van der Waals surface area contributed by atoms with Crippen LogP contribution in [0.2, 0.25) is 0 Å². The fraction of sp³-hybridized carbons (Fsp3) is 0.417. The van der Waals surface area contributed by atoms with Gasteiger partial charge in [0, 0.05) is 132 Å². The van der Waals surface area contributed by atoms with Gasteiger partial charge in [0.25, 0.3) is 0 Å². The van der Waals surface area contributed by atoms with Crippen LogP contribution >= 0.6 is 0 Å². The van der Waals surface area contributed by atoms with Gasteiger partial charge in [-0.15, -0.1) is 13.1 Å². The zero-order valence-corrected chi connectivity index (χ0v) is 24.5. The van der Waals surface area contributed by atoms with E-state index in [1.165, 1.54) is 0 Å². The van der Waals surface area contributed by atoms with Gasteiger partial charge in [0.2, 0.25) is 0 Å². The fourth-order valence-corrected chi connectivity index (χ4v) is 1.73. The molecule has 0 spiro atoms. The van der Waals surface area contributed by atoms with Gasteiger partial charge in [-0.2, -0.15) is 30.3 Å². The Bertz CT molecular complexity index is 329. The number of hydrogen-bond acceptors (Lipinski definition) is 1. The monoisotopic (exact) mass is 882 g/mol. The Hall–Kier alpha value is 2.97. The second kappa shape index (κ2) is 12.5. The van der Waals surface area contributed by atoms with Gasteiger partial charge < -0.3 is 15.4 Å². The number of carbonyl (C=O) groups is 1. The summed E-state index contributed by atoms with van der Waals surface area (Å²) >= 11 is 0. The van der Waals surface area contributed by atoms with Gasteiger partial charge in [0.1, 0.15) is 6.29 Å². The van der Waals surface area contributed by atoms with Gasteiger partial charge in [-0.1, -0.05) is 18.4 Å². The minimum Gasteiger partial charge on any atom is -0.695 e. The van der Waals surface area contributed by atoms with Crippen molar-refractivity contribution < 1.29 is 137 Å². The largest absolute Gasteiger partial charge is 0.695 e. The zero-order valence-electron chi connectivity index (χ0n) is 10.2. The average molecular weight is 882 g/mol. The molecular weight excluding hydrogens is 869 g/mol. The van der Waals surface area contributed by atoms with Gasteiger partial charge in [-0.05, 0) is 0 Å². The van der Waals surface area contributed by atoms with Crippen LogP contribution in [0.15, 0.2) is 24.3 Å². The Morgan fingerprint density at radius 1 is 1.22 bits per heavy atom. The van der Waals surface area contributed by atoms with E-state index in [9.17, 15) is 4.79 Å². The number of carbonyl (C=O) groups excluding carboxylic acids is 1. The molecule has 1 aromatic carbocycles. The summed E-state index contributed by atoms with van der Waals surface area (Å²) < 4.78 is 0. The van der Waals surface area contributed by atoms with Gasteiger partial charge in [-0.25, -0.2) is 0 Å².